The Morgan fingerprint density at radius 1 is 0.487 bits per heavy atom. The largest absolute Gasteiger partial charge is 1.00 e. The van der Waals surface area contributed by atoms with Crippen LogP contribution in [-0.2, 0) is 40.5 Å². The van der Waals surface area contributed by atoms with Gasteiger partial charge in [0.05, 0.1) is 54.7 Å². The van der Waals surface area contributed by atoms with Gasteiger partial charge in [-0.3, -0.25) is 0 Å². The van der Waals surface area contributed by atoms with Crippen molar-refractivity contribution in [1.82, 2.24) is 29.9 Å². The second-order valence-electron chi connectivity index (χ2n) is 16.3. The van der Waals surface area contributed by atoms with Crippen molar-refractivity contribution in [1.29, 1.82) is 0 Å². The van der Waals surface area contributed by atoms with Crippen molar-refractivity contribution in [3.05, 3.63) is 47.5 Å². The number of rotatable bonds is 30. The van der Waals surface area contributed by atoms with Crippen molar-refractivity contribution < 1.29 is 221 Å². The molecule has 0 fully saturated rings. The Labute approximate surface area is 546 Å². The van der Waals surface area contributed by atoms with Crippen molar-refractivity contribution >= 4 is 99.7 Å². The van der Waals surface area contributed by atoms with Crippen LogP contribution in [0.2, 0.25) is 0 Å². The number of aliphatic hydroxyl groups excluding tert-OH is 10. The summed E-state index contributed by atoms with van der Waals surface area (Å²) in [5, 5.41) is 109. The van der Waals surface area contributed by atoms with Gasteiger partial charge >= 0.3 is 118 Å². The summed E-state index contributed by atoms with van der Waals surface area (Å²) in [6, 6.07) is 6.10. The molecule has 0 radical (unpaired) electrons. The van der Waals surface area contributed by atoms with Crippen molar-refractivity contribution in [3.63, 3.8) is 0 Å². The average Bonchev–Trinajstić information content (AvgIpc) is 3.33. The summed E-state index contributed by atoms with van der Waals surface area (Å²) in [6.07, 6.45) is -13.4. The van der Waals surface area contributed by atoms with Crippen molar-refractivity contribution in [2.45, 2.75) is 58.6 Å². The van der Waals surface area contributed by atoms with Crippen LogP contribution in [0, 0.1) is 0 Å². The molecule has 0 spiro atoms. The van der Waals surface area contributed by atoms with Crippen LogP contribution in [0.4, 0.5) is 47.1 Å². The zero-order chi connectivity index (χ0) is 57.1. The molecular weight excluding hydrogens is 1200 g/mol. The van der Waals surface area contributed by atoms with Gasteiger partial charge in [-0.2, -0.15) is 29.9 Å². The third-order valence-electron chi connectivity index (χ3n) is 10.3. The molecular formula is C38H52N12Na4O22S4. The van der Waals surface area contributed by atoms with Gasteiger partial charge in [0.25, 0.3) is 0 Å². The van der Waals surface area contributed by atoms with E-state index in [1.54, 1.807) is 0 Å². The van der Waals surface area contributed by atoms with Gasteiger partial charge in [0.2, 0.25) is 35.7 Å². The van der Waals surface area contributed by atoms with Crippen LogP contribution >= 0.6 is 0 Å². The van der Waals surface area contributed by atoms with Crippen molar-refractivity contribution in [2.75, 3.05) is 96.1 Å². The summed E-state index contributed by atoms with van der Waals surface area (Å²) in [7, 11) is -17.7. The average molecular weight is 1250 g/mol. The summed E-state index contributed by atoms with van der Waals surface area (Å²) < 4.78 is 143. The molecule has 4 aromatic rings. The number of benzene rings is 2. The molecule has 0 aliphatic rings. The zero-order valence-corrected chi connectivity index (χ0v) is 54.7. The standard InChI is InChI=1S/C38H56N12O22S4.4Na/c1-49(15-23(53)29(57)31(59)25(55)17-51)37-45-33(39-9-11-73(61,62)63)43-35(47-37)41-21-7-5-19(27(13-21)75(67,68)69)3-4-20-6-8-22(14-28(20)76(70,71)72)42-36-44-34(40-10-12-74(64,65)66)46-38(48-36)50(2)16-24(54)30(58)32(60)26(56)18-52;;;;/h3-8,13-14,23-26,29-32,51-60H,9-12,15-18H2,1-2H3,(H,61,62,63)(H,64,65,66)(H,67,68,69)(H,70,71,72)(H2,39,41,43,45,47)(H2,40,42,44,46,48);;;;/q;4*+1/p-4/b4-3+;;;;. The molecule has 2 aromatic heterocycles. The molecule has 42 heteroatoms. The second kappa shape index (κ2) is 34.4. The predicted octanol–water partition coefficient (Wildman–Crippen LogP) is -18.8. The van der Waals surface area contributed by atoms with Gasteiger partial charge in [0.1, 0.15) is 69.1 Å². The maximum Gasteiger partial charge on any atom is 1.00 e. The predicted molar refractivity (Wildman–Crippen MR) is 259 cm³/mol. The van der Waals surface area contributed by atoms with E-state index in [1.165, 1.54) is 26.2 Å². The fourth-order valence-electron chi connectivity index (χ4n) is 6.35. The molecule has 14 N–H and O–H groups in total. The summed E-state index contributed by atoms with van der Waals surface area (Å²) in [5.41, 5.74) is -1.14. The Balaban J connectivity index is 0.0000156. The molecule has 0 amide bonds. The Morgan fingerprint density at radius 2 is 0.787 bits per heavy atom. The molecule has 424 valence electrons. The van der Waals surface area contributed by atoms with Crippen LogP contribution in [0.1, 0.15) is 11.1 Å². The first kappa shape index (κ1) is 78.2. The van der Waals surface area contributed by atoms with Crippen LogP contribution in [-0.4, -0.2) is 247 Å². The molecule has 0 aliphatic carbocycles. The summed E-state index contributed by atoms with van der Waals surface area (Å²) >= 11 is 0. The Kier molecular flexibility index (Phi) is 33.6. The number of likely N-dealkylation sites (N-methyl/N-ethyl adjacent to an activating group) is 2. The van der Waals surface area contributed by atoms with Crippen molar-refractivity contribution in [2.24, 2.45) is 0 Å². The van der Waals surface area contributed by atoms with E-state index in [0.29, 0.717) is 0 Å². The van der Waals surface area contributed by atoms with Gasteiger partial charge in [-0.15, -0.1) is 0 Å². The van der Waals surface area contributed by atoms with Gasteiger partial charge in [0, 0.05) is 51.6 Å². The first-order valence-corrected chi connectivity index (χ1v) is 27.5. The molecule has 8 atom stereocenters. The third kappa shape index (κ3) is 25.1. The molecule has 4 rings (SSSR count). The van der Waals surface area contributed by atoms with Gasteiger partial charge < -0.3 is 100 Å². The second-order valence-corrected chi connectivity index (χ2v) is 22.0. The SMILES string of the molecule is CN(CC(O)C(O)C(O)C(O)CO)c1nc(NCCS(=O)(=O)[O-])nc(Nc2ccc(/C=C/c3ccc(Nc4nc(NCCS(=O)(=O)[O-])nc(N(C)CC(O)C(O)C(O)C(O)CO)n4)cc3S(=O)(=O)[O-])c(S(=O)(=O)[O-])c2)n1.[Na+].[Na+].[Na+].[Na+]. The van der Waals surface area contributed by atoms with Gasteiger partial charge in [0.15, 0.2) is 0 Å². The Hall–Kier alpha value is -1.76. The van der Waals surface area contributed by atoms with E-state index >= 15 is 0 Å². The zero-order valence-electron chi connectivity index (χ0n) is 43.5. The van der Waals surface area contributed by atoms with Gasteiger partial charge in [-0.25, -0.2) is 33.7 Å². The number of hydrogen-bond donors (Lipinski definition) is 14. The topological polar surface area (TPSA) is 563 Å². The number of nitrogens with one attached hydrogen (secondary N) is 4. The molecule has 0 saturated carbocycles. The van der Waals surface area contributed by atoms with E-state index < -0.39 is 174 Å². The van der Waals surface area contributed by atoms with E-state index in [4.69, 9.17) is 10.2 Å². The molecule has 80 heavy (non-hydrogen) atoms. The van der Waals surface area contributed by atoms with Crippen LogP contribution in [0.15, 0.2) is 46.2 Å². The van der Waals surface area contributed by atoms with E-state index in [2.05, 4.69) is 51.2 Å². The minimum atomic E-state index is -5.40. The van der Waals surface area contributed by atoms with E-state index in [0.717, 1.165) is 46.2 Å². The van der Waals surface area contributed by atoms with Gasteiger partial charge in [-0.05, 0) is 35.4 Å². The Morgan fingerprint density at radius 3 is 1.07 bits per heavy atom. The molecule has 34 nitrogen and oxygen atoms in total. The van der Waals surface area contributed by atoms with Crippen LogP contribution in [0.5, 0.6) is 0 Å². The van der Waals surface area contributed by atoms with Crippen molar-refractivity contribution in [3.8, 4) is 0 Å². The quantitative estimate of drug-likeness (QED) is 0.0131. The minimum absolute atomic E-state index is 0. The monoisotopic (exact) mass is 1250 g/mol. The number of nitrogens with zero attached hydrogens (tertiary/aromatic N) is 8. The van der Waals surface area contributed by atoms with Gasteiger partial charge in [-0.1, -0.05) is 24.3 Å². The minimum Gasteiger partial charge on any atom is -0.748 e. The molecule has 0 aliphatic heterocycles. The third-order valence-corrected chi connectivity index (χ3v) is 13.5. The maximum absolute atomic E-state index is 12.6. The normalized spacial score (nSPS) is 14.9. The molecule has 0 saturated heterocycles. The number of anilines is 8. The van der Waals surface area contributed by atoms with E-state index in [-0.39, 0.29) is 153 Å². The molecule has 0 bridgehead atoms. The molecule has 8 unspecified atom stereocenters. The maximum atomic E-state index is 12.6. The smallest absolute Gasteiger partial charge is 0.748 e. The van der Waals surface area contributed by atoms with Crippen LogP contribution in [0.25, 0.3) is 12.2 Å². The molecule has 2 aromatic carbocycles. The van der Waals surface area contributed by atoms with Crippen LogP contribution in [0.3, 0.4) is 0 Å². The summed E-state index contributed by atoms with van der Waals surface area (Å²) in [6.45, 7) is -4.15. The number of aliphatic hydroxyl groups is 10. The number of hydrogen-bond acceptors (Lipinski definition) is 34. The summed E-state index contributed by atoms with van der Waals surface area (Å²) in [5.74, 6) is -4.27. The van der Waals surface area contributed by atoms with E-state index in [1.807, 2.05) is 0 Å². The first-order valence-electron chi connectivity index (χ1n) is 21.6. The summed E-state index contributed by atoms with van der Waals surface area (Å²) in [4.78, 5) is 24.7. The Bertz CT molecular complexity index is 2930. The number of aromatic nitrogens is 6. The fraction of sp³-hybridized carbons (Fsp3) is 0.474. The fourth-order valence-corrected chi connectivity index (χ4v) is 8.45. The van der Waals surface area contributed by atoms with Crippen LogP contribution < -0.4 is 149 Å². The first-order chi connectivity index (χ1) is 35.2. The van der Waals surface area contributed by atoms with E-state index in [9.17, 15) is 92.7 Å². The molecule has 2 heterocycles.